The first-order chi connectivity index (χ1) is 15.2. The number of aromatic nitrogens is 4. The van der Waals surface area contributed by atoms with Gasteiger partial charge in [-0.15, -0.1) is 0 Å². The van der Waals surface area contributed by atoms with Crippen LogP contribution < -0.4 is 5.32 Å². The summed E-state index contributed by atoms with van der Waals surface area (Å²) in [5.74, 6) is -0.137. The van der Waals surface area contributed by atoms with Crippen molar-refractivity contribution >= 4 is 34.8 Å². The Bertz CT molecular complexity index is 1180. The van der Waals surface area contributed by atoms with E-state index in [0.717, 1.165) is 18.5 Å². The summed E-state index contributed by atoms with van der Waals surface area (Å²) in [4.78, 5) is 17.6. The molecule has 10 heteroatoms. The number of hydrogen-bond donors (Lipinski definition) is 3. The average Bonchev–Trinajstić information content (AvgIpc) is 3.47. The minimum atomic E-state index is -1.000. The van der Waals surface area contributed by atoms with Crippen molar-refractivity contribution < 1.29 is 14.3 Å². The van der Waals surface area contributed by atoms with Gasteiger partial charge in [0.2, 0.25) is 0 Å². The molecule has 168 valence electrons. The molecule has 2 atom stereocenters. The smallest absolute Gasteiger partial charge is 0.274 e. The van der Waals surface area contributed by atoms with Crippen molar-refractivity contribution in [3.63, 3.8) is 0 Å². The van der Waals surface area contributed by atoms with Crippen molar-refractivity contribution in [3.05, 3.63) is 63.7 Å². The fourth-order valence-corrected chi connectivity index (χ4v) is 5.92. The molecule has 2 fully saturated rings. The molecule has 2 aromatic heterocycles. The number of fused-ring (bicyclic) bond motifs is 1. The Labute approximate surface area is 193 Å². The van der Waals surface area contributed by atoms with Gasteiger partial charge in [-0.05, 0) is 55.7 Å². The number of imidazole rings is 1. The molecule has 0 bridgehead atoms. The molecule has 2 aliphatic rings. The first kappa shape index (κ1) is 21.4. The van der Waals surface area contributed by atoms with E-state index < -0.39 is 11.4 Å². The average molecular weight is 478 g/mol. The SMILES string of the molecule is Cn1cnc(C2CC3CC(O)(c4[nH]ncc4Cl)CC3C2)c1C(=O)Nc1ccc(F)c(Cl)c1. The second-order valence-corrected chi connectivity index (χ2v) is 9.71. The lowest BCUT2D eigenvalue weighted by Crippen LogP contribution is -2.24. The van der Waals surface area contributed by atoms with Crippen molar-refractivity contribution in [2.45, 2.75) is 37.2 Å². The summed E-state index contributed by atoms with van der Waals surface area (Å²) >= 11 is 12.0. The number of anilines is 1. The summed E-state index contributed by atoms with van der Waals surface area (Å²) in [7, 11) is 1.78. The standard InChI is InChI=1S/C22H22Cl2FN5O2/c1-30-10-26-18(19(30)21(31)28-14-2-3-17(25)15(23)6-14)11-4-12-7-22(32,8-13(12)5-11)20-16(24)9-27-29-20/h2-3,6,9-13,32H,4-5,7-8H2,1H3,(H,27,29)(H,28,31). The van der Waals surface area contributed by atoms with E-state index >= 15 is 0 Å². The topological polar surface area (TPSA) is 95.8 Å². The van der Waals surface area contributed by atoms with Gasteiger partial charge in [-0.3, -0.25) is 9.89 Å². The van der Waals surface area contributed by atoms with E-state index in [9.17, 15) is 14.3 Å². The predicted molar refractivity (Wildman–Crippen MR) is 118 cm³/mol. The van der Waals surface area contributed by atoms with E-state index in [1.165, 1.54) is 24.4 Å². The molecule has 32 heavy (non-hydrogen) atoms. The molecule has 2 heterocycles. The van der Waals surface area contributed by atoms with Crippen LogP contribution in [0.1, 0.15) is 53.5 Å². The van der Waals surface area contributed by atoms with Gasteiger partial charge in [0.1, 0.15) is 17.1 Å². The number of nitrogens with zero attached hydrogens (tertiary/aromatic N) is 3. The number of H-pyrrole nitrogens is 1. The molecular weight excluding hydrogens is 456 g/mol. The fourth-order valence-electron chi connectivity index (χ4n) is 5.48. The fraction of sp³-hybridized carbons (Fsp3) is 0.409. The monoisotopic (exact) mass is 477 g/mol. The van der Waals surface area contributed by atoms with Crippen LogP contribution in [-0.4, -0.2) is 30.8 Å². The Morgan fingerprint density at radius 3 is 2.62 bits per heavy atom. The maximum atomic E-state index is 13.4. The van der Waals surface area contributed by atoms with Crippen molar-refractivity contribution in [2.75, 3.05) is 5.32 Å². The van der Waals surface area contributed by atoms with Crippen LogP contribution in [0.2, 0.25) is 10.0 Å². The maximum Gasteiger partial charge on any atom is 0.274 e. The first-order valence-electron chi connectivity index (χ1n) is 10.4. The number of aryl methyl sites for hydroxylation is 1. The Morgan fingerprint density at radius 2 is 2.00 bits per heavy atom. The molecule has 2 saturated carbocycles. The number of benzene rings is 1. The van der Waals surface area contributed by atoms with Gasteiger partial charge in [0.15, 0.2) is 0 Å². The second kappa shape index (κ2) is 7.86. The third kappa shape index (κ3) is 3.60. The lowest BCUT2D eigenvalue weighted by atomic mass is 9.90. The normalized spacial score (nSPS) is 27.0. The van der Waals surface area contributed by atoms with Gasteiger partial charge < -0.3 is 15.0 Å². The molecule has 2 unspecified atom stereocenters. The summed E-state index contributed by atoms with van der Waals surface area (Å²) in [6, 6.07) is 4.07. The van der Waals surface area contributed by atoms with E-state index in [0.29, 0.717) is 46.8 Å². The Morgan fingerprint density at radius 1 is 1.28 bits per heavy atom. The van der Waals surface area contributed by atoms with Crippen molar-refractivity contribution in [2.24, 2.45) is 18.9 Å². The quantitative estimate of drug-likeness (QED) is 0.510. The van der Waals surface area contributed by atoms with Gasteiger partial charge in [-0.25, -0.2) is 9.37 Å². The van der Waals surface area contributed by atoms with E-state index in [-0.39, 0.29) is 16.8 Å². The number of rotatable bonds is 4. The largest absolute Gasteiger partial charge is 0.384 e. The highest BCUT2D eigenvalue weighted by Gasteiger charge is 2.51. The van der Waals surface area contributed by atoms with Crippen LogP contribution in [0.4, 0.5) is 10.1 Å². The number of nitrogens with one attached hydrogen (secondary N) is 2. The van der Waals surface area contributed by atoms with E-state index in [1.807, 2.05) is 0 Å². The van der Waals surface area contributed by atoms with Crippen LogP contribution in [0, 0.1) is 17.7 Å². The molecule has 0 saturated heterocycles. The van der Waals surface area contributed by atoms with Gasteiger partial charge in [0.05, 0.1) is 34.0 Å². The highest BCUT2D eigenvalue weighted by Crippen LogP contribution is 2.57. The summed E-state index contributed by atoms with van der Waals surface area (Å²) in [5, 5.41) is 21.1. The number of carbonyl (C=O) groups is 1. The lowest BCUT2D eigenvalue weighted by molar-refractivity contribution is 0.0301. The predicted octanol–water partition coefficient (Wildman–Crippen LogP) is 4.63. The van der Waals surface area contributed by atoms with Crippen LogP contribution >= 0.6 is 23.2 Å². The molecule has 3 N–H and O–H groups in total. The third-order valence-electron chi connectivity index (χ3n) is 6.84. The van der Waals surface area contributed by atoms with Crippen LogP contribution in [0.5, 0.6) is 0 Å². The highest BCUT2D eigenvalue weighted by molar-refractivity contribution is 6.31. The number of hydrogen-bond acceptors (Lipinski definition) is 4. The molecule has 7 nitrogen and oxygen atoms in total. The Hall–Kier alpha value is -2.42. The summed E-state index contributed by atoms with van der Waals surface area (Å²) in [6.45, 7) is 0. The molecule has 5 rings (SSSR count). The minimum Gasteiger partial charge on any atom is -0.384 e. The van der Waals surface area contributed by atoms with Crippen molar-refractivity contribution in [1.82, 2.24) is 19.7 Å². The van der Waals surface area contributed by atoms with Crippen molar-refractivity contribution in [1.29, 1.82) is 0 Å². The zero-order valence-corrected chi connectivity index (χ0v) is 18.8. The van der Waals surface area contributed by atoms with Crippen LogP contribution in [0.25, 0.3) is 0 Å². The molecule has 2 aliphatic carbocycles. The van der Waals surface area contributed by atoms with Crippen LogP contribution in [-0.2, 0) is 12.6 Å². The van der Waals surface area contributed by atoms with Crippen LogP contribution in [0.3, 0.4) is 0 Å². The summed E-state index contributed by atoms with van der Waals surface area (Å²) < 4.78 is 15.1. The second-order valence-electron chi connectivity index (χ2n) is 8.89. The molecule has 1 aromatic carbocycles. The number of aliphatic hydroxyl groups is 1. The van der Waals surface area contributed by atoms with E-state index in [4.69, 9.17) is 23.2 Å². The van der Waals surface area contributed by atoms with Gasteiger partial charge in [-0.2, -0.15) is 5.10 Å². The molecule has 0 radical (unpaired) electrons. The van der Waals surface area contributed by atoms with Gasteiger partial charge in [0, 0.05) is 18.7 Å². The van der Waals surface area contributed by atoms with E-state index in [2.05, 4.69) is 20.5 Å². The Kier molecular flexibility index (Phi) is 5.27. The zero-order chi connectivity index (χ0) is 22.6. The maximum absolute atomic E-state index is 13.4. The number of halogens is 3. The third-order valence-corrected chi connectivity index (χ3v) is 7.42. The number of carbonyl (C=O) groups excluding carboxylic acids is 1. The minimum absolute atomic E-state index is 0.0542. The molecule has 3 aromatic rings. The highest BCUT2D eigenvalue weighted by atomic mass is 35.5. The van der Waals surface area contributed by atoms with Gasteiger partial charge >= 0.3 is 0 Å². The number of amides is 1. The molecule has 0 spiro atoms. The summed E-state index contributed by atoms with van der Waals surface area (Å²) in [5.41, 5.74) is 1.22. The van der Waals surface area contributed by atoms with Crippen LogP contribution in [0.15, 0.2) is 30.7 Å². The van der Waals surface area contributed by atoms with Gasteiger partial charge in [0.25, 0.3) is 5.91 Å². The number of aromatic amines is 1. The lowest BCUT2D eigenvalue weighted by Gasteiger charge is -2.23. The summed E-state index contributed by atoms with van der Waals surface area (Å²) in [6.07, 6.45) is 6.00. The Balaban J connectivity index is 1.33. The molecule has 1 amide bonds. The zero-order valence-electron chi connectivity index (χ0n) is 17.3. The van der Waals surface area contributed by atoms with E-state index in [1.54, 1.807) is 17.9 Å². The first-order valence-corrected chi connectivity index (χ1v) is 11.2. The molecule has 0 aliphatic heterocycles. The molecular formula is C22H22Cl2FN5O2. The van der Waals surface area contributed by atoms with Crippen molar-refractivity contribution in [3.8, 4) is 0 Å². The van der Waals surface area contributed by atoms with Gasteiger partial charge in [-0.1, -0.05) is 23.2 Å².